The molecule has 284 valence electrons. The number of amides is 2. The van der Waals surface area contributed by atoms with Crippen molar-refractivity contribution in [1.82, 2.24) is 29.5 Å². The van der Waals surface area contributed by atoms with Crippen molar-refractivity contribution in [1.29, 1.82) is 0 Å². The van der Waals surface area contributed by atoms with Gasteiger partial charge in [0.15, 0.2) is 5.82 Å². The third kappa shape index (κ3) is 6.91. The second kappa shape index (κ2) is 14.6. The van der Waals surface area contributed by atoms with Gasteiger partial charge in [-0.15, -0.1) is 21.5 Å². The minimum absolute atomic E-state index is 0.00590. The first kappa shape index (κ1) is 36.9. The topological polar surface area (TPSA) is 127 Å². The lowest BCUT2D eigenvalue weighted by molar-refractivity contribution is -0.133. The first-order valence-electron chi connectivity index (χ1n) is 18.7. The molecule has 2 aromatic heterocycles. The number of piperazine rings is 1. The average molecular weight is 778 g/mol. The predicted octanol–water partition coefficient (Wildman–Crippen LogP) is 7.22. The lowest BCUT2D eigenvalue weighted by Crippen LogP contribution is -2.48. The van der Waals surface area contributed by atoms with E-state index >= 15 is 0 Å². The SMILES string of the molecule is Cc1sc2c(c1C)C(c1ccc(Cl)cc1)=N[C@@H](CC(=O)N1CCN(Cc3ccc4c(c3)CN(C(=O)c3cc(C(C)C)c(O)cc3O)C4)CC1)c1nnc(C)n1-2. The van der Waals surface area contributed by atoms with Crippen molar-refractivity contribution >= 4 is 40.5 Å². The van der Waals surface area contributed by atoms with Gasteiger partial charge in [0.25, 0.3) is 5.91 Å². The van der Waals surface area contributed by atoms with Gasteiger partial charge >= 0.3 is 0 Å². The maximum Gasteiger partial charge on any atom is 0.258 e. The zero-order valence-electron chi connectivity index (χ0n) is 31.6. The normalized spacial score (nSPS) is 16.9. The maximum atomic E-state index is 14.0. The van der Waals surface area contributed by atoms with E-state index in [2.05, 4.69) is 51.7 Å². The second-order valence-electron chi connectivity index (χ2n) is 15.1. The van der Waals surface area contributed by atoms with Crippen LogP contribution in [0.5, 0.6) is 11.5 Å². The Morgan fingerprint density at radius 3 is 2.35 bits per heavy atom. The molecule has 1 fully saturated rings. The van der Waals surface area contributed by atoms with Crippen LogP contribution in [0.2, 0.25) is 5.02 Å². The summed E-state index contributed by atoms with van der Waals surface area (Å²) in [6.07, 6.45) is 0.183. The number of thiophene rings is 1. The van der Waals surface area contributed by atoms with Crippen LogP contribution in [0.25, 0.3) is 5.00 Å². The fourth-order valence-corrected chi connectivity index (χ4v) is 9.27. The smallest absolute Gasteiger partial charge is 0.258 e. The molecule has 0 unspecified atom stereocenters. The lowest BCUT2D eigenvalue weighted by Gasteiger charge is -2.35. The highest BCUT2D eigenvalue weighted by molar-refractivity contribution is 7.15. The highest BCUT2D eigenvalue weighted by Gasteiger charge is 2.34. The number of hydrogen-bond donors (Lipinski definition) is 2. The van der Waals surface area contributed by atoms with Crippen molar-refractivity contribution in [2.75, 3.05) is 26.2 Å². The van der Waals surface area contributed by atoms with Crippen LogP contribution < -0.4 is 0 Å². The first-order valence-corrected chi connectivity index (χ1v) is 19.9. The molecule has 8 rings (SSSR count). The van der Waals surface area contributed by atoms with Crippen molar-refractivity contribution in [2.24, 2.45) is 4.99 Å². The number of aromatic nitrogens is 3. The number of aliphatic imine (C=N–C) groups is 1. The average Bonchev–Trinajstić information content (AvgIpc) is 3.82. The van der Waals surface area contributed by atoms with Crippen LogP contribution >= 0.6 is 22.9 Å². The number of phenols is 2. The number of carbonyl (C=O) groups is 2. The van der Waals surface area contributed by atoms with Gasteiger partial charge in [-0.05, 0) is 72.7 Å². The summed E-state index contributed by atoms with van der Waals surface area (Å²) in [6.45, 7) is 14.4. The molecule has 13 heteroatoms. The molecule has 0 bridgehead atoms. The number of hydrogen-bond acceptors (Lipinski definition) is 9. The number of aryl methyl sites for hydroxylation is 2. The Balaban J connectivity index is 0.934. The van der Waals surface area contributed by atoms with Gasteiger partial charge in [-0.1, -0.05) is 55.8 Å². The monoisotopic (exact) mass is 777 g/mol. The van der Waals surface area contributed by atoms with E-state index in [-0.39, 0.29) is 41.2 Å². The Bertz CT molecular complexity index is 2360. The molecule has 5 heterocycles. The molecule has 55 heavy (non-hydrogen) atoms. The van der Waals surface area contributed by atoms with Crippen LogP contribution in [0.1, 0.15) is 98.1 Å². The van der Waals surface area contributed by atoms with Crippen molar-refractivity contribution in [3.8, 4) is 16.5 Å². The maximum absolute atomic E-state index is 14.0. The zero-order valence-corrected chi connectivity index (χ0v) is 33.2. The van der Waals surface area contributed by atoms with Gasteiger partial charge in [0.1, 0.15) is 28.4 Å². The number of aromatic hydroxyl groups is 2. The minimum Gasteiger partial charge on any atom is -0.508 e. The Morgan fingerprint density at radius 1 is 0.891 bits per heavy atom. The summed E-state index contributed by atoms with van der Waals surface area (Å²) in [7, 11) is 0. The lowest BCUT2D eigenvalue weighted by atomic mass is 9.98. The van der Waals surface area contributed by atoms with Crippen LogP contribution in [0.3, 0.4) is 0 Å². The fraction of sp³-hybridized carbons (Fsp3) is 0.357. The molecule has 3 aliphatic rings. The Kier molecular flexibility index (Phi) is 9.77. The molecule has 1 atom stereocenters. The summed E-state index contributed by atoms with van der Waals surface area (Å²) in [5.74, 6) is 0.996. The molecule has 3 aliphatic heterocycles. The summed E-state index contributed by atoms with van der Waals surface area (Å²) in [4.78, 5) is 40.0. The molecular formula is C42H44ClN7O4S. The molecule has 3 aromatic carbocycles. The van der Waals surface area contributed by atoms with E-state index in [9.17, 15) is 19.8 Å². The van der Waals surface area contributed by atoms with E-state index in [4.69, 9.17) is 16.6 Å². The number of rotatable bonds is 7. The molecule has 0 radical (unpaired) electrons. The van der Waals surface area contributed by atoms with Crippen LogP contribution in [-0.2, 0) is 24.4 Å². The molecule has 1 saturated heterocycles. The summed E-state index contributed by atoms with van der Waals surface area (Å²) < 4.78 is 2.08. The van der Waals surface area contributed by atoms with Crippen LogP contribution in [0.4, 0.5) is 0 Å². The Labute approximate surface area is 329 Å². The van der Waals surface area contributed by atoms with Crippen LogP contribution in [0.15, 0.2) is 59.6 Å². The summed E-state index contributed by atoms with van der Waals surface area (Å²) in [6, 6.07) is 16.4. The van der Waals surface area contributed by atoms with Gasteiger partial charge in [-0.3, -0.25) is 24.0 Å². The van der Waals surface area contributed by atoms with Crippen LogP contribution in [-0.4, -0.2) is 83.4 Å². The van der Waals surface area contributed by atoms with Crippen molar-refractivity contribution in [2.45, 2.75) is 72.6 Å². The predicted molar refractivity (Wildman–Crippen MR) is 214 cm³/mol. The van der Waals surface area contributed by atoms with Crippen molar-refractivity contribution < 1.29 is 19.8 Å². The third-order valence-corrected chi connectivity index (χ3v) is 12.6. The number of phenolic OH excluding ortho intramolecular Hbond substituents is 2. The molecule has 5 aromatic rings. The summed E-state index contributed by atoms with van der Waals surface area (Å²) in [5.41, 5.74) is 8.13. The van der Waals surface area contributed by atoms with Gasteiger partial charge in [0.05, 0.1) is 17.7 Å². The summed E-state index contributed by atoms with van der Waals surface area (Å²) in [5, 5.41) is 31.4. The zero-order chi connectivity index (χ0) is 38.7. The largest absolute Gasteiger partial charge is 0.508 e. The van der Waals surface area contributed by atoms with Gasteiger partial charge in [-0.2, -0.15) is 0 Å². The fourth-order valence-electron chi connectivity index (χ4n) is 7.93. The van der Waals surface area contributed by atoms with E-state index in [1.807, 2.05) is 49.9 Å². The highest BCUT2D eigenvalue weighted by Crippen LogP contribution is 2.40. The van der Waals surface area contributed by atoms with E-state index in [0.29, 0.717) is 42.6 Å². The number of benzene rings is 3. The molecule has 2 amide bonds. The molecule has 0 aliphatic carbocycles. The Morgan fingerprint density at radius 2 is 1.62 bits per heavy atom. The molecule has 0 saturated carbocycles. The number of halogens is 1. The Hall–Kier alpha value is -5.04. The molecule has 11 nitrogen and oxygen atoms in total. The highest BCUT2D eigenvalue weighted by atomic mass is 35.5. The quantitative estimate of drug-likeness (QED) is 0.179. The van der Waals surface area contributed by atoms with Gasteiger partial charge in [0, 0.05) is 72.9 Å². The number of nitrogens with zero attached hydrogens (tertiary/aromatic N) is 7. The van der Waals surface area contributed by atoms with Gasteiger partial charge in [0.2, 0.25) is 5.91 Å². The molecule has 2 N–H and O–H groups in total. The minimum atomic E-state index is -0.509. The van der Waals surface area contributed by atoms with Crippen LogP contribution in [0, 0.1) is 20.8 Å². The van der Waals surface area contributed by atoms with E-state index in [1.54, 1.807) is 22.3 Å². The van der Waals surface area contributed by atoms with Crippen molar-refractivity contribution in [3.05, 3.63) is 121 Å². The number of carbonyl (C=O) groups excluding carboxylic acids is 2. The first-order chi connectivity index (χ1) is 26.4. The number of fused-ring (bicyclic) bond motifs is 4. The van der Waals surface area contributed by atoms with Gasteiger partial charge < -0.3 is 20.0 Å². The van der Waals surface area contributed by atoms with E-state index < -0.39 is 6.04 Å². The second-order valence-corrected chi connectivity index (χ2v) is 16.8. The van der Waals surface area contributed by atoms with E-state index in [1.165, 1.54) is 10.9 Å². The summed E-state index contributed by atoms with van der Waals surface area (Å²) >= 11 is 7.96. The standard InChI is InChI=1S/C42H44ClN7O4S/c1-23(2)32-17-33(36(52)19-35(32)51)41(54)49-21-29-7-6-27(16-30(29)22-49)20-47-12-14-48(15-13-47)37(53)18-34-40-46-45-26(5)50(40)42-38(24(3)25(4)55-42)39(44-34)28-8-10-31(43)11-9-28/h6-11,16-17,19,23,34,51-52H,12-15,18,20-22H2,1-5H3/t34-/m0/s1. The van der Waals surface area contributed by atoms with Crippen molar-refractivity contribution in [3.63, 3.8) is 0 Å². The van der Waals surface area contributed by atoms with Gasteiger partial charge in [-0.25, -0.2) is 0 Å². The van der Waals surface area contributed by atoms with E-state index in [0.717, 1.165) is 69.6 Å². The molecule has 0 spiro atoms. The molecular weight excluding hydrogens is 734 g/mol. The third-order valence-electron chi connectivity index (χ3n) is 11.1.